The van der Waals surface area contributed by atoms with Gasteiger partial charge in [0.25, 0.3) is 0 Å². The first-order valence-corrected chi connectivity index (χ1v) is 13.1. The van der Waals surface area contributed by atoms with Crippen LogP contribution in [0.4, 0.5) is 5.95 Å². The first-order valence-electron chi connectivity index (χ1n) is 11.2. The van der Waals surface area contributed by atoms with Gasteiger partial charge in [-0.05, 0) is 19.9 Å². The van der Waals surface area contributed by atoms with Crippen LogP contribution in [0.15, 0.2) is 40.7 Å². The van der Waals surface area contributed by atoms with E-state index in [0.29, 0.717) is 34.1 Å². The van der Waals surface area contributed by atoms with Gasteiger partial charge in [-0.25, -0.2) is 23.4 Å². The molecule has 3 atom stereocenters. The third-order valence-corrected chi connectivity index (χ3v) is 7.92. The van der Waals surface area contributed by atoms with Gasteiger partial charge >= 0.3 is 0 Å². The number of aliphatic imine (C=N–C) groups is 1. The van der Waals surface area contributed by atoms with Crippen LogP contribution in [0.5, 0.6) is 5.88 Å². The molecular formula is C22H29ClN10O3S. The van der Waals surface area contributed by atoms with Crippen molar-refractivity contribution in [3.63, 3.8) is 0 Å². The third-order valence-electron chi connectivity index (χ3n) is 5.87. The molecule has 198 valence electrons. The Morgan fingerprint density at radius 3 is 2.49 bits per heavy atom. The zero-order valence-electron chi connectivity index (χ0n) is 21.4. The summed E-state index contributed by atoms with van der Waals surface area (Å²) in [5.41, 5.74) is 0.421. The lowest BCUT2D eigenvalue weighted by Crippen LogP contribution is -2.34. The molecule has 0 aromatic carbocycles. The molecule has 0 bridgehead atoms. The van der Waals surface area contributed by atoms with Crippen molar-refractivity contribution in [1.82, 2.24) is 34.7 Å². The fourth-order valence-electron chi connectivity index (χ4n) is 3.60. The molecule has 0 spiro atoms. The lowest BCUT2D eigenvalue weighted by atomic mass is 10.1. The van der Waals surface area contributed by atoms with Gasteiger partial charge in [0.2, 0.25) is 21.9 Å². The number of halogens is 1. The van der Waals surface area contributed by atoms with Crippen molar-refractivity contribution in [2.24, 2.45) is 10.1 Å². The lowest BCUT2D eigenvalue weighted by molar-refractivity contribution is 0.398. The predicted octanol–water partition coefficient (Wildman–Crippen LogP) is 2.86. The first kappa shape index (κ1) is 27.9. The maximum absolute atomic E-state index is 13.5. The van der Waals surface area contributed by atoms with Gasteiger partial charge in [0.05, 0.1) is 23.4 Å². The van der Waals surface area contributed by atoms with Crippen LogP contribution in [-0.2, 0) is 10.0 Å². The topological polar surface area (TPSA) is 153 Å². The van der Waals surface area contributed by atoms with E-state index in [0.717, 1.165) is 0 Å². The van der Waals surface area contributed by atoms with Crippen LogP contribution < -0.4 is 9.46 Å². The maximum atomic E-state index is 13.5. The summed E-state index contributed by atoms with van der Waals surface area (Å²) in [6, 6.07) is 4.59. The van der Waals surface area contributed by atoms with Gasteiger partial charge in [-0.1, -0.05) is 24.6 Å². The standard InChI is InChI=1S/C22H29ClN10O3S/c1-13(19-26-11-16(23)12-27-19)15(3)37(34,35)31-22-30-29-21(17-9-8-10-18(28-17)36-7)33(22)14(2)20(24-4)32(6)25-5/h8-15H,5H2,1-4,6-7H3,(H,30,31)/b24-20-/t13-,14+,15-/m0/s1. The predicted molar refractivity (Wildman–Crippen MR) is 143 cm³/mol. The second kappa shape index (κ2) is 11.6. The summed E-state index contributed by atoms with van der Waals surface area (Å²) in [5.74, 6) is 0.910. The number of aromatic nitrogens is 6. The fourth-order valence-corrected chi connectivity index (χ4v) is 4.94. The minimum Gasteiger partial charge on any atom is -0.481 e. The fraction of sp³-hybridized carbons (Fsp3) is 0.409. The van der Waals surface area contributed by atoms with E-state index >= 15 is 0 Å². The molecule has 0 saturated carbocycles. The highest BCUT2D eigenvalue weighted by Crippen LogP contribution is 2.29. The van der Waals surface area contributed by atoms with E-state index in [1.165, 1.54) is 24.5 Å². The van der Waals surface area contributed by atoms with Gasteiger partial charge in [0.1, 0.15) is 17.4 Å². The summed E-state index contributed by atoms with van der Waals surface area (Å²) < 4.78 is 36.3. The molecule has 3 heterocycles. The molecule has 37 heavy (non-hydrogen) atoms. The number of ether oxygens (including phenoxy) is 1. The van der Waals surface area contributed by atoms with E-state index in [4.69, 9.17) is 16.3 Å². The molecule has 0 aliphatic heterocycles. The van der Waals surface area contributed by atoms with Crippen LogP contribution in [0.2, 0.25) is 5.02 Å². The van der Waals surface area contributed by atoms with Gasteiger partial charge in [-0.3, -0.25) is 19.3 Å². The normalized spacial score (nSPS) is 14.5. The number of hydrogen-bond acceptors (Lipinski definition) is 10. The Bertz CT molecular complexity index is 1380. The quantitative estimate of drug-likeness (QED) is 0.229. The summed E-state index contributed by atoms with van der Waals surface area (Å²) in [6.45, 7) is 8.64. The molecule has 0 fully saturated rings. The molecule has 3 aromatic rings. The number of rotatable bonds is 10. The van der Waals surface area contributed by atoms with Gasteiger partial charge in [0.15, 0.2) is 5.82 Å². The smallest absolute Gasteiger partial charge is 0.239 e. The van der Waals surface area contributed by atoms with Crippen LogP contribution >= 0.6 is 11.6 Å². The van der Waals surface area contributed by atoms with Crippen LogP contribution in [0.1, 0.15) is 38.6 Å². The number of amidine groups is 1. The number of nitrogens with zero attached hydrogens (tertiary/aromatic N) is 9. The van der Waals surface area contributed by atoms with E-state index in [1.54, 1.807) is 50.7 Å². The molecule has 0 radical (unpaired) electrons. The van der Waals surface area contributed by atoms with E-state index in [-0.39, 0.29) is 5.95 Å². The van der Waals surface area contributed by atoms with Gasteiger partial charge in [0, 0.05) is 45.2 Å². The molecule has 13 nitrogen and oxygen atoms in total. The summed E-state index contributed by atoms with van der Waals surface area (Å²) in [6.07, 6.45) is 2.85. The van der Waals surface area contributed by atoms with Crippen molar-refractivity contribution in [3.05, 3.63) is 41.4 Å². The summed E-state index contributed by atoms with van der Waals surface area (Å²) in [5, 5.41) is 13.2. The van der Waals surface area contributed by atoms with Crippen LogP contribution in [-0.4, -0.2) is 82.2 Å². The Morgan fingerprint density at radius 2 is 1.89 bits per heavy atom. The van der Waals surface area contributed by atoms with E-state index in [2.05, 4.69) is 46.7 Å². The molecule has 3 rings (SSSR count). The molecule has 0 saturated heterocycles. The number of hydrogen-bond donors (Lipinski definition) is 1. The number of pyridine rings is 1. The highest BCUT2D eigenvalue weighted by Gasteiger charge is 2.33. The summed E-state index contributed by atoms with van der Waals surface area (Å²) >= 11 is 5.87. The van der Waals surface area contributed by atoms with Gasteiger partial charge in [-0.15, -0.1) is 10.2 Å². The highest BCUT2D eigenvalue weighted by atomic mass is 35.5. The van der Waals surface area contributed by atoms with Crippen molar-refractivity contribution in [2.75, 3.05) is 25.9 Å². The van der Waals surface area contributed by atoms with Crippen LogP contribution in [0.25, 0.3) is 11.5 Å². The number of hydrazone groups is 1. The molecule has 15 heteroatoms. The van der Waals surface area contributed by atoms with Crippen molar-refractivity contribution >= 4 is 40.1 Å². The second-order valence-corrected chi connectivity index (χ2v) is 10.6. The van der Waals surface area contributed by atoms with Crippen LogP contribution in [0.3, 0.4) is 0 Å². The molecule has 1 N–H and O–H groups in total. The average molecular weight is 549 g/mol. The Labute approximate surface area is 220 Å². The van der Waals surface area contributed by atoms with E-state index in [1.807, 2.05) is 6.92 Å². The third kappa shape index (κ3) is 6.02. The Morgan fingerprint density at radius 1 is 1.22 bits per heavy atom. The largest absolute Gasteiger partial charge is 0.481 e. The minimum atomic E-state index is -3.99. The molecule has 0 amide bonds. The zero-order valence-corrected chi connectivity index (χ0v) is 22.9. The molecule has 0 unspecified atom stereocenters. The van der Waals surface area contributed by atoms with Gasteiger partial charge in [-0.2, -0.15) is 5.10 Å². The number of likely N-dealkylation sites (N-methyl/N-ethyl adjacent to an activating group) is 1. The maximum Gasteiger partial charge on any atom is 0.239 e. The van der Waals surface area contributed by atoms with Crippen molar-refractivity contribution in [3.8, 4) is 17.4 Å². The minimum absolute atomic E-state index is 0.0261. The lowest BCUT2D eigenvalue weighted by Gasteiger charge is -2.25. The van der Waals surface area contributed by atoms with Crippen molar-refractivity contribution in [2.45, 2.75) is 38.0 Å². The number of sulfonamides is 1. The van der Waals surface area contributed by atoms with Gasteiger partial charge < -0.3 is 4.74 Å². The van der Waals surface area contributed by atoms with Crippen molar-refractivity contribution < 1.29 is 13.2 Å². The number of anilines is 1. The van der Waals surface area contributed by atoms with E-state index < -0.39 is 27.2 Å². The second-order valence-electron chi connectivity index (χ2n) is 8.11. The Hall–Kier alpha value is -3.65. The zero-order chi connectivity index (χ0) is 27.3. The van der Waals surface area contributed by atoms with E-state index in [9.17, 15) is 8.42 Å². The first-order chi connectivity index (χ1) is 17.5. The van der Waals surface area contributed by atoms with Crippen LogP contribution in [0, 0.1) is 0 Å². The summed E-state index contributed by atoms with van der Waals surface area (Å²) in [4.78, 5) is 17.1. The number of methoxy groups -OCH3 is 1. The molecule has 0 aliphatic carbocycles. The Kier molecular flexibility index (Phi) is 8.76. The molecule has 3 aromatic heterocycles. The molecular weight excluding hydrogens is 520 g/mol. The SMILES string of the molecule is C=NN(C)/C(=N\C)[C@@H](C)n1c(NS(=O)(=O)[C@@H](C)[C@H](C)c2ncc(Cl)cn2)nnc1-c1cccc(OC)n1. The highest BCUT2D eigenvalue weighted by molar-refractivity contribution is 7.93. The number of nitrogens with one attached hydrogen (secondary N) is 1. The molecule has 0 aliphatic rings. The Balaban J connectivity index is 2.07. The monoisotopic (exact) mass is 548 g/mol. The van der Waals surface area contributed by atoms with Crippen molar-refractivity contribution in [1.29, 1.82) is 0 Å². The summed E-state index contributed by atoms with van der Waals surface area (Å²) in [7, 11) is 0.789. The average Bonchev–Trinajstić information content (AvgIpc) is 3.31.